The Hall–Kier alpha value is -3.01. The number of nitrogens with zero attached hydrogens (tertiary/aromatic N) is 1. The fourth-order valence-electron chi connectivity index (χ4n) is 2.43. The Morgan fingerprint density at radius 2 is 1.67 bits per heavy atom. The first-order valence-corrected chi connectivity index (χ1v) is 7.68. The van der Waals surface area contributed by atoms with E-state index < -0.39 is 5.97 Å². The van der Waals surface area contributed by atoms with Crippen LogP contribution >= 0.6 is 0 Å². The minimum Gasteiger partial charge on any atom is -0.462 e. The van der Waals surface area contributed by atoms with Gasteiger partial charge in [0.1, 0.15) is 5.82 Å². The van der Waals surface area contributed by atoms with Crippen molar-refractivity contribution in [2.24, 2.45) is 0 Å². The molecular weight excluding hydrogens is 305 g/mol. The smallest absolute Gasteiger partial charge is 0.340 e. The molecule has 0 saturated heterocycles. The van der Waals surface area contributed by atoms with Crippen molar-refractivity contribution in [2.75, 3.05) is 6.61 Å². The third kappa shape index (κ3) is 3.33. The highest BCUT2D eigenvalue weighted by molar-refractivity contribution is 5.96. The molecule has 3 rings (SSSR count). The Bertz CT molecular complexity index is 845. The van der Waals surface area contributed by atoms with E-state index in [0.29, 0.717) is 23.6 Å². The summed E-state index contributed by atoms with van der Waals surface area (Å²) in [7, 11) is 0. The predicted molar refractivity (Wildman–Crippen MR) is 91.0 cm³/mol. The lowest BCUT2D eigenvalue weighted by Crippen LogP contribution is -2.08. The van der Waals surface area contributed by atoms with Crippen molar-refractivity contribution in [2.45, 2.75) is 6.92 Å². The number of benzene rings is 2. The Labute approximate surface area is 139 Å². The fraction of sp³-hybridized carbons (Fsp3) is 0.100. The zero-order chi connectivity index (χ0) is 16.9. The number of ether oxygens (including phenoxy) is 1. The van der Waals surface area contributed by atoms with Crippen LogP contribution in [0.15, 0.2) is 66.7 Å². The normalized spacial score (nSPS) is 10.4. The number of rotatable bonds is 4. The molecule has 1 aromatic heterocycles. The van der Waals surface area contributed by atoms with Crippen LogP contribution in [-0.2, 0) is 4.74 Å². The second-order valence-corrected chi connectivity index (χ2v) is 5.19. The molecule has 0 aliphatic heterocycles. The third-order valence-electron chi connectivity index (χ3n) is 3.58. The van der Waals surface area contributed by atoms with Gasteiger partial charge in [-0.2, -0.15) is 0 Å². The number of pyridine rings is 1. The van der Waals surface area contributed by atoms with Crippen LogP contribution < -0.4 is 0 Å². The minimum atomic E-state index is -0.408. The number of hydrogen-bond acceptors (Lipinski definition) is 3. The summed E-state index contributed by atoms with van der Waals surface area (Å²) in [6.45, 7) is 2.06. The second kappa shape index (κ2) is 7.04. The molecule has 0 fully saturated rings. The van der Waals surface area contributed by atoms with Crippen molar-refractivity contribution in [3.8, 4) is 22.5 Å². The maximum absolute atomic E-state index is 13.1. The van der Waals surface area contributed by atoms with Gasteiger partial charge in [0.15, 0.2) is 0 Å². The number of halogens is 1. The number of esters is 1. The molecule has 0 bridgehead atoms. The topological polar surface area (TPSA) is 39.2 Å². The van der Waals surface area contributed by atoms with Crippen molar-refractivity contribution in [3.63, 3.8) is 0 Å². The Balaban J connectivity index is 2.12. The summed E-state index contributed by atoms with van der Waals surface area (Å²) in [5.41, 5.74) is 3.24. The van der Waals surface area contributed by atoms with Crippen molar-refractivity contribution in [1.82, 2.24) is 4.98 Å². The van der Waals surface area contributed by atoms with Crippen LogP contribution in [0.5, 0.6) is 0 Å². The van der Waals surface area contributed by atoms with Gasteiger partial charge < -0.3 is 4.74 Å². The van der Waals surface area contributed by atoms with E-state index >= 15 is 0 Å². The molecule has 3 nitrogen and oxygen atoms in total. The molecule has 0 aliphatic rings. The van der Waals surface area contributed by atoms with Gasteiger partial charge in [0.2, 0.25) is 0 Å². The zero-order valence-electron chi connectivity index (χ0n) is 13.2. The molecule has 0 aliphatic carbocycles. The van der Waals surface area contributed by atoms with Gasteiger partial charge in [-0.3, -0.25) is 0 Å². The van der Waals surface area contributed by atoms with Gasteiger partial charge in [-0.1, -0.05) is 30.3 Å². The summed E-state index contributed by atoms with van der Waals surface area (Å²) in [4.78, 5) is 16.8. The number of carbonyl (C=O) groups excluding carboxylic acids is 1. The van der Waals surface area contributed by atoms with Crippen LogP contribution in [0.2, 0.25) is 0 Å². The van der Waals surface area contributed by atoms with Crippen LogP contribution in [0.25, 0.3) is 22.5 Å². The number of hydrogen-bond donors (Lipinski definition) is 0. The maximum Gasteiger partial charge on any atom is 0.340 e. The van der Waals surface area contributed by atoms with Crippen LogP contribution in [0, 0.1) is 5.82 Å². The second-order valence-electron chi connectivity index (χ2n) is 5.19. The lowest BCUT2D eigenvalue weighted by molar-refractivity contribution is 0.0527. The van der Waals surface area contributed by atoms with Crippen LogP contribution in [0.4, 0.5) is 4.39 Å². The van der Waals surface area contributed by atoms with Gasteiger partial charge in [0, 0.05) is 11.1 Å². The molecule has 0 atom stereocenters. The van der Waals surface area contributed by atoms with Gasteiger partial charge in [-0.25, -0.2) is 14.2 Å². The highest BCUT2D eigenvalue weighted by atomic mass is 19.1. The molecule has 0 saturated carbocycles. The van der Waals surface area contributed by atoms with E-state index in [9.17, 15) is 9.18 Å². The first-order chi connectivity index (χ1) is 11.7. The predicted octanol–water partition coefficient (Wildman–Crippen LogP) is 4.73. The van der Waals surface area contributed by atoms with E-state index in [1.807, 2.05) is 30.3 Å². The quantitative estimate of drug-likeness (QED) is 0.652. The van der Waals surface area contributed by atoms with E-state index in [1.165, 1.54) is 12.1 Å². The van der Waals surface area contributed by atoms with Crippen LogP contribution in [0.1, 0.15) is 17.3 Å². The fourth-order valence-corrected chi connectivity index (χ4v) is 2.43. The Kier molecular flexibility index (Phi) is 4.66. The van der Waals surface area contributed by atoms with E-state index in [0.717, 1.165) is 11.1 Å². The molecule has 2 aromatic carbocycles. The van der Waals surface area contributed by atoms with Crippen molar-refractivity contribution in [1.29, 1.82) is 0 Å². The monoisotopic (exact) mass is 321 g/mol. The first-order valence-electron chi connectivity index (χ1n) is 7.68. The maximum atomic E-state index is 13.1. The van der Waals surface area contributed by atoms with Gasteiger partial charge in [0.25, 0.3) is 0 Å². The van der Waals surface area contributed by atoms with E-state index in [2.05, 4.69) is 4.98 Å². The van der Waals surface area contributed by atoms with Crippen LogP contribution in [0.3, 0.4) is 0 Å². The first kappa shape index (κ1) is 15.9. The van der Waals surface area contributed by atoms with E-state index in [-0.39, 0.29) is 5.82 Å². The summed E-state index contributed by atoms with van der Waals surface area (Å²) in [6.07, 6.45) is 0. The molecule has 3 aromatic rings. The van der Waals surface area contributed by atoms with Crippen molar-refractivity contribution in [3.05, 3.63) is 78.1 Å². The van der Waals surface area contributed by atoms with E-state index in [4.69, 9.17) is 4.74 Å². The Morgan fingerprint density at radius 1 is 0.958 bits per heavy atom. The molecule has 0 spiro atoms. The van der Waals surface area contributed by atoms with Gasteiger partial charge in [-0.05, 0) is 43.3 Å². The lowest BCUT2D eigenvalue weighted by atomic mass is 10.0. The summed E-state index contributed by atoms with van der Waals surface area (Å²) in [5.74, 6) is -0.709. The Morgan fingerprint density at radius 3 is 2.33 bits per heavy atom. The number of carbonyl (C=O) groups is 1. The highest BCUT2D eigenvalue weighted by Crippen LogP contribution is 2.27. The molecule has 24 heavy (non-hydrogen) atoms. The van der Waals surface area contributed by atoms with Gasteiger partial charge >= 0.3 is 5.97 Å². The van der Waals surface area contributed by atoms with Gasteiger partial charge in [-0.15, -0.1) is 0 Å². The largest absolute Gasteiger partial charge is 0.462 e. The lowest BCUT2D eigenvalue weighted by Gasteiger charge is -2.11. The van der Waals surface area contributed by atoms with Crippen molar-refractivity contribution >= 4 is 5.97 Å². The highest BCUT2D eigenvalue weighted by Gasteiger charge is 2.16. The molecule has 0 unspecified atom stereocenters. The summed E-state index contributed by atoms with van der Waals surface area (Å²) in [6, 6.07) is 19.0. The summed E-state index contributed by atoms with van der Waals surface area (Å²) < 4.78 is 18.2. The minimum absolute atomic E-state index is 0.298. The zero-order valence-corrected chi connectivity index (χ0v) is 13.2. The average molecular weight is 321 g/mol. The molecule has 4 heteroatoms. The van der Waals surface area contributed by atoms with Crippen molar-refractivity contribution < 1.29 is 13.9 Å². The molecule has 120 valence electrons. The van der Waals surface area contributed by atoms with Gasteiger partial charge in [0.05, 0.1) is 23.6 Å². The molecule has 0 N–H and O–H groups in total. The summed E-state index contributed by atoms with van der Waals surface area (Å²) >= 11 is 0. The standard InChI is InChI=1S/C20H16FNO2/c1-2-24-20(23)17-12-13-18(14-8-10-16(21)11-9-14)22-19(17)15-6-4-3-5-7-15/h3-13H,2H2,1H3. The molecule has 0 radical (unpaired) electrons. The molecule has 1 heterocycles. The average Bonchev–Trinajstić information content (AvgIpc) is 2.63. The molecular formula is C20H16FNO2. The third-order valence-corrected chi connectivity index (χ3v) is 3.58. The van der Waals surface area contributed by atoms with E-state index in [1.54, 1.807) is 31.2 Å². The molecule has 0 amide bonds. The SMILES string of the molecule is CCOC(=O)c1ccc(-c2ccc(F)cc2)nc1-c1ccccc1. The van der Waals surface area contributed by atoms with Crippen LogP contribution in [-0.4, -0.2) is 17.6 Å². The number of aromatic nitrogens is 1. The summed E-state index contributed by atoms with van der Waals surface area (Å²) in [5, 5.41) is 0.